The van der Waals surface area contributed by atoms with Crippen molar-refractivity contribution >= 4 is 23.9 Å². The third-order valence-corrected chi connectivity index (χ3v) is 1.07. The molecule has 4 heteroatoms. The van der Waals surface area contributed by atoms with E-state index in [1.54, 1.807) is 6.92 Å². The summed E-state index contributed by atoms with van der Waals surface area (Å²) in [6.07, 6.45) is 0.470. The molecule has 0 heterocycles. The molecule has 0 aromatic carbocycles. The topological polar surface area (TPSA) is 43.4 Å². The highest BCUT2D eigenvalue weighted by atomic mass is 35.5. The van der Waals surface area contributed by atoms with E-state index in [-0.39, 0.29) is 6.42 Å². The molecule has 0 aromatic rings. The Balaban J connectivity index is 3.46. The van der Waals surface area contributed by atoms with Crippen LogP contribution >= 0.6 is 11.6 Å². The van der Waals surface area contributed by atoms with Gasteiger partial charge in [0.25, 0.3) is 0 Å². The third-order valence-electron chi connectivity index (χ3n) is 0.815. The summed E-state index contributed by atoms with van der Waals surface area (Å²) in [4.78, 5) is 20.5. The first-order valence-corrected chi connectivity index (χ1v) is 3.39. The number of carbonyl (C=O) groups is 2. The van der Waals surface area contributed by atoms with Gasteiger partial charge in [-0.05, 0) is 6.92 Å². The largest absolute Gasteiger partial charge is 0.466 e. The molecule has 0 aliphatic rings. The van der Waals surface area contributed by atoms with Crippen molar-refractivity contribution in [2.24, 2.45) is 0 Å². The first-order chi connectivity index (χ1) is 4.70. The van der Waals surface area contributed by atoms with Gasteiger partial charge in [-0.2, -0.15) is 0 Å². The first-order valence-electron chi connectivity index (χ1n) is 2.95. The predicted octanol–water partition coefficient (Wildman–Crippen LogP) is 0.746. The minimum atomic E-state index is -0.751. The molecule has 0 radical (unpaired) electrons. The number of ether oxygens (including phenoxy) is 1. The highest BCUT2D eigenvalue weighted by Crippen LogP contribution is 1.99. The van der Waals surface area contributed by atoms with Gasteiger partial charge < -0.3 is 9.53 Å². The Hall–Kier alpha value is -0.570. The normalized spacial score (nSPS) is 12.2. The molecule has 0 amide bonds. The molecule has 0 saturated heterocycles. The van der Waals surface area contributed by atoms with Gasteiger partial charge >= 0.3 is 5.97 Å². The Morgan fingerprint density at radius 2 is 2.40 bits per heavy atom. The SMILES string of the molecule is CCOC(=O)CC(Cl)C=O. The summed E-state index contributed by atoms with van der Waals surface area (Å²) in [5, 5.41) is -0.751. The molecule has 10 heavy (non-hydrogen) atoms. The van der Waals surface area contributed by atoms with E-state index < -0.39 is 11.3 Å². The zero-order valence-corrected chi connectivity index (χ0v) is 6.43. The molecule has 0 rings (SSSR count). The fourth-order valence-electron chi connectivity index (χ4n) is 0.427. The summed E-state index contributed by atoms with van der Waals surface area (Å²) in [5.74, 6) is -0.436. The average Bonchev–Trinajstić information content (AvgIpc) is 1.88. The van der Waals surface area contributed by atoms with Crippen molar-refractivity contribution in [1.82, 2.24) is 0 Å². The average molecular weight is 165 g/mol. The Morgan fingerprint density at radius 1 is 1.80 bits per heavy atom. The van der Waals surface area contributed by atoms with Crippen molar-refractivity contribution in [3.63, 3.8) is 0 Å². The van der Waals surface area contributed by atoms with Crippen LogP contribution in [0.5, 0.6) is 0 Å². The summed E-state index contributed by atoms with van der Waals surface area (Å²) in [5.41, 5.74) is 0. The lowest BCUT2D eigenvalue weighted by Gasteiger charge is -2.00. The van der Waals surface area contributed by atoms with Crippen LogP contribution in [0.4, 0.5) is 0 Å². The second-order valence-electron chi connectivity index (χ2n) is 1.66. The summed E-state index contributed by atoms with van der Waals surface area (Å²) < 4.78 is 4.53. The molecular weight excluding hydrogens is 156 g/mol. The van der Waals surface area contributed by atoms with Gasteiger partial charge in [0, 0.05) is 0 Å². The Bertz CT molecular complexity index is 124. The van der Waals surface area contributed by atoms with Gasteiger partial charge in [-0.3, -0.25) is 4.79 Å². The van der Waals surface area contributed by atoms with Crippen LogP contribution in [0.2, 0.25) is 0 Å². The molecule has 58 valence electrons. The van der Waals surface area contributed by atoms with Crippen LogP contribution in [0.15, 0.2) is 0 Å². The van der Waals surface area contributed by atoms with E-state index in [4.69, 9.17) is 11.6 Å². The van der Waals surface area contributed by atoms with Crippen molar-refractivity contribution in [2.75, 3.05) is 6.61 Å². The molecule has 0 saturated carbocycles. The van der Waals surface area contributed by atoms with E-state index in [1.165, 1.54) is 0 Å². The first kappa shape index (κ1) is 9.43. The summed E-state index contributed by atoms with van der Waals surface area (Å²) in [7, 11) is 0. The maximum absolute atomic E-state index is 10.5. The number of rotatable bonds is 4. The molecule has 0 bridgehead atoms. The lowest BCUT2D eigenvalue weighted by molar-refractivity contribution is -0.143. The minimum absolute atomic E-state index is 0.0428. The van der Waals surface area contributed by atoms with Gasteiger partial charge in [-0.1, -0.05) is 0 Å². The van der Waals surface area contributed by atoms with Gasteiger partial charge in [-0.15, -0.1) is 11.6 Å². The Kier molecular flexibility index (Phi) is 4.94. The lowest BCUT2D eigenvalue weighted by Crippen LogP contribution is -2.11. The molecule has 0 aromatic heterocycles. The van der Waals surface area contributed by atoms with Gasteiger partial charge in [0.05, 0.1) is 18.4 Å². The van der Waals surface area contributed by atoms with Crippen molar-refractivity contribution in [3.8, 4) is 0 Å². The fourth-order valence-corrected chi connectivity index (χ4v) is 0.553. The maximum Gasteiger partial charge on any atom is 0.307 e. The second kappa shape index (κ2) is 5.23. The van der Waals surface area contributed by atoms with Crippen LogP contribution < -0.4 is 0 Å². The molecule has 3 nitrogen and oxygen atoms in total. The summed E-state index contributed by atoms with van der Waals surface area (Å²) >= 11 is 5.33. The number of aldehydes is 1. The summed E-state index contributed by atoms with van der Waals surface area (Å²) in [6.45, 7) is 2.02. The molecule has 0 N–H and O–H groups in total. The number of carbonyl (C=O) groups excluding carboxylic acids is 2. The zero-order chi connectivity index (χ0) is 7.98. The van der Waals surface area contributed by atoms with E-state index >= 15 is 0 Å². The molecule has 0 aliphatic heterocycles. The van der Waals surface area contributed by atoms with E-state index in [1.807, 2.05) is 0 Å². The van der Waals surface area contributed by atoms with Crippen LogP contribution in [-0.2, 0) is 14.3 Å². The highest BCUT2D eigenvalue weighted by molar-refractivity contribution is 6.28. The molecule has 1 unspecified atom stereocenters. The molecule has 0 aliphatic carbocycles. The smallest absolute Gasteiger partial charge is 0.307 e. The number of alkyl halides is 1. The van der Waals surface area contributed by atoms with Crippen LogP contribution in [0.1, 0.15) is 13.3 Å². The number of halogens is 1. The van der Waals surface area contributed by atoms with Crippen molar-refractivity contribution < 1.29 is 14.3 Å². The Labute approximate surface area is 64.3 Å². The minimum Gasteiger partial charge on any atom is -0.466 e. The molecule has 1 atom stereocenters. The van der Waals surface area contributed by atoms with Crippen molar-refractivity contribution in [3.05, 3.63) is 0 Å². The van der Waals surface area contributed by atoms with Gasteiger partial charge in [0.2, 0.25) is 0 Å². The van der Waals surface area contributed by atoms with Gasteiger partial charge in [0.15, 0.2) is 0 Å². The number of hydrogen-bond acceptors (Lipinski definition) is 3. The predicted molar refractivity (Wildman–Crippen MR) is 37.0 cm³/mol. The molecule has 0 spiro atoms. The maximum atomic E-state index is 10.5. The zero-order valence-electron chi connectivity index (χ0n) is 5.67. The van der Waals surface area contributed by atoms with Crippen LogP contribution in [0, 0.1) is 0 Å². The summed E-state index contributed by atoms with van der Waals surface area (Å²) in [6, 6.07) is 0. The number of esters is 1. The van der Waals surface area contributed by atoms with Crippen molar-refractivity contribution in [1.29, 1.82) is 0 Å². The van der Waals surface area contributed by atoms with Crippen LogP contribution in [0.25, 0.3) is 0 Å². The van der Waals surface area contributed by atoms with Gasteiger partial charge in [0.1, 0.15) is 6.29 Å². The third kappa shape index (κ3) is 4.32. The lowest BCUT2D eigenvalue weighted by atomic mass is 10.3. The fraction of sp³-hybridized carbons (Fsp3) is 0.667. The van der Waals surface area contributed by atoms with Crippen LogP contribution in [-0.4, -0.2) is 24.2 Å². The highest BCUT2D eigenvalue weighted by Gasteiger charge is 2.09. The van der Waals surface area contributed by atoms with E-state index in [0.717, 1.165) is 0 Å². The van der Waals surface area contributed by atoms with Crippen molar-refractivity contribution in [2.45, 2.75) is 18.7 Å². The standard InChI is InChI=1S/C6H9ClO3/c1-2-10-6(9)3-5(7)4-8/h4-5H,2-3H2,1H3. The monoisotopic (exact) mass is 164 g/mol. The second-order valence-corrected chi connectivity index (χ2v) is 2.22. The van der Waals surface area contributed by atoms with E-state index in [0.29, 0.717) is 12.9 Å². The van der Waals surface area contributed by atoms with E-state index in [9.17, 15) is 9.59 Å². The van der Waals surface area contributed by atoms with E-state index in [2.05, 4.69) is 4.74 Å². The quantitative estimate of drug-likeness (QED) is 0.350. The molecule has 0 fully saturated rings. The van der Waals surface area contributed by atoms with Crippen LogP contribution in [0.3, 0.4) is 0 Å². The Morgan fingerprint density at radius 3 is 2.80 bits per heavy atom. The van der Waals surface area contributed by atoms with Gasteiger partial charge in [-0.25, -0.2) is 0 Å². The molecular formula is C6H9ClO3. The number of hydrogen-bond donors (Lipinski definition) is 0.